The molecule has 1 fully saturated rings. The third kappa shape index (κ3) is 3.48. The molecule has 1 atom stereocenters. The number of benzene rings is 1. The van der Waals surface area contributed by atoms with Crippen LogP contribution < -0.4 is 5.32 Å². The van der Waals surface area contributed by atoms with Crippen molar-refractivity contribution in [3.63, 3.8) is 0 Å². The number of phenolic OH excluding ortho intramolecular Hbond substituents is 1. The first-order valence-corrected chi connectivity index (χ1v) is 7.54. The smallest absolute Gasteiger partial charge is 0.325 e. The maximum absolute atomic E-state index is 12.2. The third-order valence-electron chi connectivity index (χ3n) is 3.63. The molecular weight excluding hydrogens is 338 g/mol. The first-order chi connectivity index (χ1) is 11.4. The van der Waals surface area contributed by atoms with Gasteiger partial charge >= 0.3 is 17.8 Å². The van der Waals surface area contributed by atoms with Gasteiger partial charge in [-0.15, -0.1) is 0 Å². The van der Waals surface area contributed by atoms with Crippen LogP contribution in [0.2, 0.25) is 5.02 Å². The normalized spacial score (nSPS) is 16.1. The second kappa shape index (κ2) is 7.31. The lowest BCUT2D eigenvalue weighted by atomic mass is 10.1. The lowest BCUT2D eigenvalue weighted by Crippen LogP contribution is -2.58. The van der Waals surface area contributed by atoms with E-state index in [2.05, 4.69) is 5.32 Å². The van der Waals surface area contributed by atoms with Crippen LogP contribution in [-0.2, 0) is 14.4 Å². The minimum Gasteiger partial charge on any atom is -0.506 e. The van der Waals surface area contributed by atoms with Gasteiger partial charge in [0.05, 0.1) is 5.02 Å². The maximum atomic E-state index is 12.2. The number of nitrogens with one attached hydrogen (secondary N) is 1. The monoisotopic (exact) mass is 352 g/mol. The number of urea groups is 1. The molecular formula is C15H15ClN3O5. The number of imide groups is 1. The van der Waals surface area contributed by atoms with E-state index < -0.39 is 23.9 Å². The highest BCUT2D eigenvalue weighted by Gasteiger charge is 2.36. The Bertz CT molecular complexity index is 694. The Morgan fingerprint density at radius 2 is 2.08 bits per heavy atom. The molecule has 1 heterocycles. The summed E-state index contributed by atoms with van der Waals surface area (Å²) < 4.78 is 0. The molecule has 1 aromatic carbocycles. The molecule has 1 radical (unpaired) electrons. The molecule has 1 saturated heterocycles. The largest absolute Gasteiger partial charge is 0.506 e. The average molecular weight is 353 g/mol. The molecule has 1 aromatic rings. The summed E-state index contributed by atoms with van der Waals surface area (Å²) in [6.45, 7) is 2.37. The van der Waals surface area contributed by atoms with E-state index in [-0.39, 0.29) is 29.4 Å². The van der Waals surface area contributed by atoms with Gasteiger partial charge < -0.3 is 15.3 Å². The van der Waals surface area contributed by atoms with E-state index in [1.807, 2.05) is 0 Å². The van der Waals surface area contributed by atoms with Crippen molar-refractivity contribution in [1.82, 2.24) is 15.1 Å². The predicted molar refractivity (Wildman–Crippen MR) is 84.1 cm³/mol. The number of carbonyl (C=O) groups excluding carboxylic acids is 4. The minimum atomic E-state index is -1.19. The van der Waals surface area contributed by atoms with Gasteiger partial charge in [-0.3, -0.25) is 19.3 Å². The van der Waals surface area contributed by atoms with Gasteiger partial charge in [0.2, 0.25) is 6.29 Å². The summed E-state index contributed by atoms with van der Waals surface area (Å²) in [5.74, 6) is -1.89. The fourth-order valence-electron chi connectivity index (χ4n) is 2.25. The Morgan fingerprint density at radius 1 is 1.38 bits per heavy atom. The van der Waals surface area contributed by atoms with E-state index in [9.17, 15) is 24.3 Å². The van der Waals surface area contributed by atoms with Gasteiger partial charge in [-0.05, 0) is 24.6 Å². The van der Waals surface area contributed by atoms with Gasteiger partial charge in [0.15, 0.2) is 0 Å². The highest BCUT2D eigenvalue weighted by Crippen LogP contribution is 2.26. The number of piperazine rings is 1. The molecule has 127 valence electrons. The van der Waals surface area contributed by atoms with Crippen molar-refractivity contribution in [1.29, 1.82) is 0 Å². The molecule has 4 amide bonds. The summed E-state index contributed by atoms with van der Waals surface area (Å²) >= 11 is 5.77. The topological polar surface area (TPSA) is 107 Å². The summed E-state index contributed by atoms with van der Waals surface area (Å²) in [5.41, 5.74) is 0.284. The number of amides is 4. The highest BCUT2D eigenvalue weighted by molar-refractivity contribution is 6.38. The molecule has 9 heteroatoms. The zero-order valence-electron chi connectivity index (χ0n) is 12.8. The number of rotatable bonds is 4. The molecule has 8 nitrogen and oxygen atoms in total. The molecule has 0 aliphatic carbocycles. The summed E-state index contributed by atoms with van der Waals surface area (Å²) in [5, 5.41) is 11.7. The molecule has 1 aliphatic heterocycles. The number of hydrogen-bond acceptors (Lipinski definition) is 5. The molecule has 24 heavy (non-hydrogen) atoms. The van der Waals surface area contributed by atoms with Crippen LogP contribution in [0.1, 0.15) is 18.5 Å². The van der Waals surface area contributed by atoms with Gasteiger partial charge in [-0.25, -0.2) is 4.79 Å². The van der Waals surface area contributed by atoms with E-state index >= 15 is 0 Å². The quantitative estimate of drug-likeness (QED) is 0.771. The molecule has 2 N–H and O–H groups in total. The zero-order chi connectivity index (χ0) is 17.9. The molecule has 0 aromatic heterocycles. The van der Waals surface area contributed by atoms with Crippen LogP contribution in [0.25, 0.3) is 0 Å². The molecule has 0 saturated carbocycles. The van der Waals surface area contributed by atoms with E-state index in [4.69, 9.17) is 11.6 Å². The van der Waals surface area contributed by atoms with E-state index in [0.717, 1.165) is 4.90 Å². The fraction of sp³-hybridized carbons (Fsp3) is 0.333. The van der Waals surface area contributed by atoms with E-state index in [1.54, 1.807) is 13.2 Å². The van der Waals surface area contributed by atoms with Crippen molar-refractivity contribution in [2.75, 3.05) is 19.6 Å². The van der Waals surface area contributed by atoms with Gasteiger partial charge in [0.25, 0.3) is 0 Å². The van der Waals surface area contributed by atoms with E-state index in [0.29, 0.717) is 6.54 Å². The van der Waals surface area contributed by atoms with Crippen LogP contribution in [0.5, 0.6) is 5.75 Å². The second-order valence-electron chi connectivity index (χ2n) is 5.05. The SMILES string of the molecule is CCN1CCN(C(=O)NC([C]=O)c2ccc(O)c(Cl)c2)C(=O)C1=O. The van der Waals surface area contributed by atoms with Gasteiger partial charge in [-0.1, -0.05) is 17.7 Å². The maximum Gasteiger partial charge on any atom is 0.325 e. The van der Waals surface area contributed by atoms with Crippen molar-refractivity contribution in [2.24, 2.45) is 0 Å². The first-order valence-electron chi connectivity index (χ1n) is 7.16. The predicted octanol–water partition coefficient (Wildman–Crippen LogP) is 0.597. The van der Waals surface area contributed by atoms with Crippen molar-refractivity contribution in [2.45, 2.75) is 13.0 Å². The average Bonchev–Trinajstić information content (AvgIpc) is 2.57. The van der Waals surface area contributed by atoms with Crippen LogP contribution in [0.4, 0.5) is 4.79 Å². The van der Waals surface area contributed by atoms with Crippen LogP contribution >= 0.6 is 11.6 Å². The van der Waals surface area contributed by atoms with Crippen molar-refractivity contribution >= 4 is 35.7 Å². The number of likely N-dealkylation sites (N-methyl/N-ethyl adjacent to an activating group) is 1. The number of phenols is 1. The van der Waals surface area contributed by atoms with Crippen LogP contribution in [0.15, 0.2) is 18.2 Å². The number of carbonyl (C=O) groups is 3. The highest BCUT2D eigenvalue weighted by atomic mass is 35.5. The van der Waals surface area contributed by atoms with E-state index in [1.165, 1.54) is 23.1 Å². The molecule has 0 bridgehead atoms. The Labute approximate surface area is 143 Å². The van der Waals surface area contributed by atoms with Crippen LogP contribution in [0.3, 0.4) is 0 Å². The summed E-state index contributed by atoms with van der Waals surface area (Å²) in [6, 6.07) is 1.89. The van der Waals surface area contributed by atoms with Gasteiger partial charge in [0.1, 0.15) is 11.8 Å². The Morgan fingerprint density at radius 3 is 2.67 bits per heavy atom. The van der Waals surface area contributed by atoms with Gasteiger partial charge in [-0.2, -0.15) is 0 Å². The summed E-state index contributed by atoms with van der Waals surface area (Å²) in [6.07, 6.45) is 1.63. The third-order valence-corrected chi connectivity index (χ3v) is 3.93. The molecule has 0 spiro atoms. The number of aromatic hydroxyl groups is 1. The summed E-state index contributed by atoms with van der Waals surface area (Å²) in [4.78, 5) is 49.2. The van der Waals surface area contributed by atoms with Crippen molar-refractivity contribution in [3.8, 4) is 5.75 Å². The summed E-state index contributed by atoms with van der Waals surface area (Å²) in [7, 11) is 0. The van der Waals surface area contributed by atoms with Crippen LogP contribution in [0, 0.1) is 0 Å². The Balaban J connectivity index is 2.12. The standard InChI is InChI=1S/C15H15ClN3O5/c1-2-18-5-6-19(14(23)13(18)22)15(24)17-11(8-20)9-3-4-12(21)10(16)7-9/h3-4,7,11,21H,2,5-6H2,1H3,(H,17,24). The number of hydrogen-bond donors (Lipinski definition) is 2. The Kier molecular flexibility index (Phi) is 5.40. The Hall–Kier alpha value is -2.61. The molecule has 1 aliphatic rings. The minimum absolute atomic E-state index is 0.00446. The van der Waals surface area contributed by atoms with Gasteiger partial charge in [0, 0.05) is 19.6 Å². The lowest BCUT2D eigenvalue weighted by Gasteiger charge is -2.32. The zero-order valence-corrected chi connectivity index (χ0v) is 13.5. The molecule has 1 unspecified atom stereocenters. The van der Waals surface area contributed by atoms with Crippen molar-refractivity contribution < 1.29 is 24.3 Å². The number of halogens is 1. The fourth-order valence-corrected chi connectivity index (χ4v) is 2.44. The number of nitrogens with zero attached hydrogens (tertiary/aromatic N) is 2. The first kappa shape index (κ1) is 17.7. The van der Waals surface area contributed by atoms with Crippen molar-refractivity contribution in [3.05, 3.63) is 28.8 Å². The molecule has 2 rings (SSSR count). The lowest BCUT2D eigenvalue weighted by molar-refractivity contribution is -0.153. The van der Waals surface area contributed by atoms with Crippen LogP contribution in [-0.4, -0.2) is 58.7 Å². The second-order valence-corrected chi connectivity index (χ2v) is 5.46.